The fourth-order valence-electron chi connectivity index (χ4n) is 4.48. The van der Waals surface area contributed by atoms with E-state index in [1.807, 2.05) is 0 Å². The van der Waals surface area contributed by atoms with Crippen LogP contribution < -0.4 is 15.5 Å². The van der Waals surface area contributed by atoms with Crippen LogP contribution in [0.15, 0.2) is 36.7 Å². The van der Waals surface area contributed by atoms with Gasteiger partial charge in [-0.05, 0) is 43.5 Å². The van der Waals surface area contributed by atoms with E-state index in [-0.39, 0.29) is 11.8 Å². The van der Waals surface area contributed by atoms with Crippen LogP contribution in [0.1, 0.15) is 37.8 Å². The Morgan fingerprint density at radius 3 is 2.33 bits per heavy atom. The number of amides is 2. The number of piperazine rings is 1. The van der Waals surface area contributed by atoms with Gasteiger partial charge in [-0.1, -0.05) is 0 Å². The molecule has 1 aromatic carbocycles. The van der Waals surface area contributed by atoms with Gasteiger partial charge in [0, 0.05) is 61.1 Å². The molecule has 1 saturated carbocycles. The van der Waals surface area contributed by atoms with Crippen LogP contribution in [0, 0.1) is 0 Å². The van der Waals surface area contributed by atoms with Gasteiger partial charge >= 0.3 is 0 Å². The van der Waals surface area contributed by atoms with Gasteiger partial charge in [-0.15, -0.1) is 0 Å². The third-order valence-corrected chi connectivity index (χ3v) is 6.15. The predicted molar refractivity (Wildman–Crippen MR) is 114 cm³/mol. The first-order chi connectivity index (χ1) is 14.5. The maximum Gasteiger partial charge on any atom is 0.238 e. The molecule has 2 unspecified atom stereocenters. The van der Waals surface area contributed by atoms with E-state index in [1.54, 1.807) is 30.6 Å². The van der Waals surface area contributed by atoms with Crippen LogP contribution in [0.4, 0.5) is 17.2 Å². The maximum absolute atomic E-state index is 12.5. The largest absolute Gasteiger partial charge is 0.353 e. The van der Waals surface area contributed by atoms with Gasteiger partial charge in [0.2, 0.25) is 11.8 Å². The van der Waals surface area contributed by atoms with E-state index in [4.69, 9.17) is 0 Å². The summed E-state index contributed by atoms with van der Waals surface area (Å²) in [5, 5.41) is 5.67. The zero-order valence-electron chi connectivity index (χ0n) is 17.0. The highest BCUT2D eigenvalue weighted by Gasteiger charge is 2.45. The number of benzene rings is 1. The summed E-state index contributed by atoms with van der Waals surface area (Å²) in [7, 11) is 0. The number of piperidine rings is 1. The monoisotopic (exact) mass is 406 g/mol. The number of aromatic nitrogens is 2. The SMILES string of the molecule is CC(=O)Nc1ccc(NC(=O)CN2C3CC2CN(c2cc(C4CC4)ncn2)C3)cc1. The summed E-state index contributed by atoms with van der Waals surface area (Å²) in [5.74, 6) is 1.52. The summed E-state index contributed by atoms with van der Waals surface area (Å²) in [6.45, 7) is 3.66. The number of carbonyl (C=O) groups excluding carboxylic acids is 2. The van der Waals surface area contributed by atoms with Gasteiger partial charge in [0.1, 0.15) is 12.1 Å². The Hall–Kier alpha value is -3.00. The topological polar surface area (TPSA) is 90.5 Å². The van der Waals surface area contributed by atoms with Crippen LogP contribution in [-0.2, 0) is 9.59 Å². The normalized spacial score (nSPS) is 22.9. The molecule has 2 atom stereocenters. The Kier molecular flexibility index (Phi) is 4.86. The minimum atomic E-state index is -0.115. The second-order valence-electron chi connectivity index (χ2n) is 8.50. The van der Waals surface area contributed by atoms with Gasteiger partial charge in [0.25, 0.3) is 0 Å². The number of carbonyl (C=O) groups is 2. The van der Waals surface area contributed by atoms with Gasteiger partial charge in [-0.3, -0.25) is 14.5 Å². The molecule has 156 valence electrons. The van der Waals surface area contributed by atoms with E-state index in [2.05, 4.69) is 36.5 Å². The quantitative estimate of drug-likeness (QED) is 0.765. The summed E-state index contributed by atoms with van der Waals surface area (Å²) in [6, 6.07) is 10.1. The molecule has 0 spiro atoms. The predicted octanol–water partition coefficient (Wildman–Crippen LogP) is 2.21. The van der Waals surface area contributed by atoms with E-state index >= 15 is 0 Å². The molecule has 30 heavy (non-hydrogen) atoms. The number of anilines is 3. The highest BCUT2D eigenvalue weighted by Crippen LogP contribution is 2.40. The number of nitrogens with one attached hydrogen (secondary N) is 2. The molecular weight excluding hydrogens is 380 g/mol. The minimum Gasteiger partial charge on any atom is -0.353 e. The fraction of sp³-hybridized carbons (Fsp3) is 0.455. The van der Waals surface area contributed by atoms with Crippen LogP contribution >= 0.6 is 0 Å². The van der Waals surface area contributed by atoms with Crippen LogP contribution in [0.5, 0.6) is 0 Å². The van der Waals surface area contributed by atoms with Crippen molar-refractivity contribution in [3.8, 4) is 0 Å². The lowest BCUT2D eigenvalue weighted by Crippen LogP contribution is -2.69. The molecule has 4 aliphatic rings. The second-order valence-corrected chi connectivity index (χ2v) is 8.50. The summed E-state index contributed by atoms with van der Waals surface area (Å²) in [4.78, 5) is 37.2. The van der Waals surface area contributed by atoms with E-state index in [0.29, 0.717) is 30.2 Å². The molecule has 3 aliphatic heterocycles. The molecule has 2 bridgehead atoms. The molecule has 1 aromatic heterocycles. The van der Waals surface area contributed by atoms with E-state index in [0.717, 1.165) is 31.0 Å². The van der Waals surface area contributed by atoms with Crippen molar-refractivity contribution in [3.05, 3.63) is 42.4 Å². The van der Waals surface area contributed by atoms with Crippen LogP contribution in [0.3, 0.4) is 0 Å². The van der Waals surface area contributed by atoms with E-state index in [1.165, 1.54) is 25.5 Å². The molecule has 8 heteroatoms. The molecule has 2 amide bonds. The first-order valence-electron chi connectivity index (χ1n) is 10.6. The zero-order valence-corrected chi connectivity index (χ0v) is 17.0. The number of fused-ring (bicyclic) bond motifs is 2. The van der Waals surface area contributed by atoms with Gasteiger partial charge in [0.05, 0.1) is 6.54 Å². The van der Waals surface area contributed by atoms with E-state index < -0.39 is 0 Å². The Morgan fingerprint density at radius 2 is 1.70 bits per heavy atom. The molecular formula is C22H26N6O2. The smallest absolute Gasteiger partial charge is 0.238 e. The standard InChI is InChI=1S/C22H26N6O2/c1-14(29)25-16-4-6-17(7-5-16)26-22(30)12-28-18-8-19(28)11-27(10-18)21-9-20(15-2-3-15)23-13-24-21/h4-7,9,13,15,18-19H,2-3,8,10-12H2,1H3,(H,25,29)(H,26,30). The van der Waals surface area contributed by atoms with Crippen molar-refractivity contribution in [1.29, 1.82) is 0 Å². The number of hydrogen-bond acceptors (Lipinski definition) is 6. The van der Waals surface area contributed by atoms with Gasteiger partial charge in [0.15, 0.2) is 0 Å². The summed E-state index contributed by atoms with van der Waals surface area (Å²) in [6.07, 6.45) is 5.29. The average molecular weight is 406 g/mol. The molecule has 2 N–H and O–H groups in total. The fourth-order valence-corrected chi connectivity index (χ4v) is 4.48. The molecule has 8 nitrogen and oxygen atoms in total. The summed E-state index contributed by atoms with van der Waals surface area (Å²) < 4.78 is 0. The summed E-state index contributed by atoms with van der Waals surface area (Å²) in [5.41, 5.74) is 2.61. The Labute approximate surface area is 175 Å². The maximum atomic E-state index is 12.5. The minimum absolute atomic E-state index is 0.0107. The van der Waals surface area contributed by atoms with Crippen molar-refractivity contribution in [2.24, 2.45) is 0 Å². The summed E-state index contributed by atoms with van der Waals surface area (Å²) >= 11 is 0. The Balaban J connectivity index is 1.14. The van der Waals surface area contributed by atoms with Gasteiger partial charge in [-0.25, -0.2) is 9.97 Å². The Bertz CT molecular complexity index is 946. The molecule has 0 radical (unpaired) electrons. The van der Waals surface area contributed by atoms with Crippen molar-refractivity contribution in [1.82, 2.24) is 14.9 Å². The van der Waals surface area contributed by atoms with Crippen molar-refractivity contribution in [3.63, 3.8) is 0 Å². The third kappa shape index (κ3) is 4.00. The highest BCUT2D eigenvalue weighted by molar-refractivity contribution is 5.93. The van der Waals surface area contributed by atoms with Crippen LogP contribution in [-0.4, -0.2) is 58.4 Å². The Morgan fingerprint density at radius 1 is 1.03 bits per heavy atom. The molecule has 3 saturated heterocycles. The zero-order chi connectivity index (χ0) is 20.7. The molecule has 6 rings (SSSR count). The van der Waals surface area contributed by atoms with E-state index in [9.17, 15) is 9.59 Å². The number of hydrogen-bond donors (Lipinski definition) is 2. The lowest BCUT2D eigenvalue weighted by atomic mass is 9.87. The lowest BCUT2D eigenvalue weighted by molar-refractivity contribution is -0.121. The van der Waals surface area contributed by atoms with Crippen LogP contribution in [0.25, 0.3) is 0 Å². The van der Waals surface area contributed by atoms with Crippen molar-refractivity contribution in [2.45, 2.75) is 44.2 Å². The van der Waals surface area contributed by atoms with Crippen molar-refractivity contribution in [2.75, 3.05) is 35.2 Å². The molecule has 4 heterocycles. The lowest BCUT2D eigenvalue weighted by Gasteiger charge is -2.56. The van der Waals surface area contributed by atoms with Gasteiger partial charge < -0.3 is 15.5 Å². The van der Waals surface area contributed by atoms with Crippen LogP contribution in [0.2, 0.25) is 0 Å². The highest BCUT2D eigenvalue weighted by atomic mass is 16.2. The second kappa shape index (κ2) is 7.68. The molecule has 2 aromatic rings. The molecule has 4 fully saturated rings. The van der Waals surface area contributed by atoms with Gasteiger partial charge in [-0.2, -0.15) is 0 Å². The number of rotatable bonds is 6. The molecule has 1 aliphatic carbocycles. The van der Waals surface area contributed by atoms with Crippen molar-refractivity contribution >= 4 is 29.0 Å². The first-order valence-corrected chi connectivity index (χ1v) is 10.6. The average Bonchev–Trinajstić information content (AvgIpc) is 3.59. The van der Waals surface area contributed by atoms with Crippen molar-refractivity contribution < 1.29 is 9.59 Å². The number of nitrogens with zero attached hydrogens (tertiary/aromatic N) is 4. The first kappa shape index (κ1) is 19.0. The third-order valence-electron chi connectivity index (χ3n) is 6.15.